The Labute approximate surface area is 193 Å². The highest BCUT2D eigenvalue weighted by Gasteiger charge is 2.37. The molecule has 1 atom stereocenters. The van der Waals surface area contributed by atoms with E-state index in [1.807, 2.05) is 37.4 Å². The Bertz CT molecular complexity index is 1320. The van der Waals surface area contributed by atoms with Gasteiger partial charge in [0.25, 0.3) is 0 Å². The first kappa shape index (κ1) is 23.7. The van der Waals surface area contributed by atoms with Gasteiger partial charge in [-0.3, -0.25) is 4.79 Å². The first-order chi connectivity index (χ1) is 16.2. The molecule has 180 valence electrons. The Kier molecular flexibility index (Phi) is 6.54. The Balaban J connectivity index is 1.45. The van der Waals surface area contributed by atoms with Crippen molar-refractivity contribution in [3.8, 4) is 5.75 Å². The number of carbonyl (C=O) groups is 1. The summed E-state index contributed by atoms with van der Waals surface area (Å²) in [6.07, 6.45) is -0.733. The first-order valence-electron chi connectivity index (χ1n) is 11.1. The van der Waals surface area contributed by atoms with Crippen molar-refractivity contribution >= 4 is 27.8 Å². The van der Waals surface area contributed by atoms with Crippen molar-refractivity contribution in [2.75, 3.05) is 6.61 Å². The van der Waals surface area contributed by atoms with Gasteiger partial charge in [-0.2, -0.15) is 13.2 Å². The van der Waals surface area contributed by atoms with Crippen molar-refractivity contribution in [1.29, 1.82) is 0 Å². The maximum Gasteiger partial charge on any atom is 0.437 e. The summed E-state index contributed by atoms with van der Waals surface area (Å²) in [4.78, 5) is 11.2. The van der Waals surface area contributed by atoms with Gasteiger partial charge < -0.3 is 18.9 Å². The van der Waals surface area contributed by atoms with Crippen LogP contribution in [-0.4, -0.2) is 27.4 Å². The smallest absolute Gasteiger partial charge is 0.437 e. The first-order valence-corrected chi connectivity index (χ1v) is 11.1. The number of fused-ring (bicyclic) bond motifs is 2. The van der Waals surface area contributed by atoms with E-state index in [2.05, 4.69) is 9.72 Å². The van der Waals surface area contributed by atoms with Crippen LogP contribution < -0.4 is 4.74 Å². The van der Waals surface area contributed by atoms with Crippen LogP contribution in [0, 0.1) is 0 Å². The summed E-state index contributed by atoms with van der Waals surface area (Å²) in [6, 6.07) is 10.5. The van der Waals surface area contributed by atoms with Gasteiger partial charge in [-0.15, -0.1) is 0 Å². The molecule has 9 heteroatoms. The molecule has 34 heavy (non-hydrogen) atoms. The summed E-state index contributed by atoms with van der Waals surface area (Å²) in [5, 5.41) is 13.4. The molecule has 4 rings (SSSR count). The van der Waals surface area contributed by atoms with E-state index in [-0.39, 0.29) is 11.0 Å². The van der Waals surface area contributed by atoms with Crippen molar-refractivity contribution in [2.45, 2.75) is 51.7 Å². The van der Waals surface area contributed by atoms with Crippen LogP contribution in [-0.2, 0) is 23.9 Å². The highest BCUT2D eigenvalue weighted by Crippen LogP contribution is 2.38. The van der Waals surface area contributed by atoms with Crippen molar-refractivity contribution in [1.82, 2.24) is 9.72 Å². The van der Waals surface area contributed by atoms with E-state index in [0.29, 0.717) is 37.3 Å². The number of carboxylic acid groups (broad SMARTS) is 1. The van der Waals surface area contributed by atoms with E-state index < -0.39 is 23.8 Å². The summed E-state index contributed by atoms with van der Waals surface area (Å²) >= 11 is 0. The third kappa shape index (κ3) is 4.60. The average Bonchev–Trinajstić information content (AvgIpc) is 3.41. The SMILES string of the molecule is CCCc1c(OCCCn2ccc3cc(C(C)C(=O)O)ccc32)ccc2c(C(F)(F)F)noc12. The number of hydrogen-bond donors (Lipinski definition) is 1. The highest BCUT2D eigenvalue weighted by atomic mass is 19.4. The van der Waals surface area contributed by atoms with Crippen molar-refractivity contribution in [2.24, 2.45) is 0 Å². The minimum atomic E-state index is -4.58. The standard InChI is InChI=1S/C25H25F3N2O4/c1-3-5-18-21(9-7-19-22(18)34-29-23(19)25(26,27)28)33-13-4-11-30-12-10-17-14-16(6-8-20(17)30)15(2)24(31)32/h6-10,12,14-15H,3-5,11,13H2,1-2H3,(H,31,32). The number of aryl methyl sites for hydroxylation is 2. The summed E-state index contributed by atoms with van der Waals surface area (Å²) < 4.78 is 52.6. The molecule has 0 saturated heterocycles. The van der Waals surface area contributed by atoms with Gasteiger partial charge >= 0.3 is 12.1 Å². The number of aliphatic carboxylic acids is 1. The Hall–Kier alpha value is -3.49. The lowest BCUT2D eigenvalue weighted by molar-refractivity contribution is -0.141. The van der Waals surface area contributed by atoms with E-state index in [1.165, 1.54) is 6.07 Å². The zero-order chi connectivity index (χ0) is 24.5. The molecule has 2 aromatic heterocycles. The summed E-state index contributed by atoms with van der Waals surface area (Å²) in [7, 11) is 0. The molecule has 2 heterocycles. The maximum absolute atomic E-state index is 13.2. The fraction of sp³-hybridized carbons (Fsp3) is 0.360. The maximum atomic E-state index is 13.2. The fourth-order valence-electron chi connectivity index (χ4n) is 4.11. The predicted molar refractivity (Wildman–Crippen MR) is 121 cm³/mol. The highest BCUT2D eigenvalue weighted by molar-refractivity contribution is 5.85. The van der Waals surface area contributed by atoms with Gasteiger partial charge in [0.2, 0.25) is 0 Å². The van der Waals surface area contributed by atoms with Crippen molar-refractivity contribution in [3.05, 3.63) is 59.4 Å². The summed E-state index contributed by atoms with van der Waals surface area (Å²) in [5.74, 6) is -0.937. The van der Waals surface area contributed by atoms with Gasteiger partial charge in [0.15, 0.2) is 11.3 Å². The second-order valence-corrected chi connectivity index (χ2v) is 8.29. The van der Waals surface area contributed by atoms with E-state index in [9.17, 15) is 23.1 Å². The molecule has 0 bridgehead atoms. The molecule has 0 aliphatic carbocycles. The predicted octanol–water partition coefficient (Wildman–Crippen LogP) is 6.41. The molecular formula is C25H25F3N2O4. The zero-order valence-corrected chi connectivity index (χ0v) is 18.9. The molecule has 0 amide bonds. The molecule has 2 aromatic carbocycles. The van der Waals surface area contributed by atoms with Crippen LogP contribution in [0.15, 0.2) is 47.1 Å². The molecule has 0 aliphatic heterocycles. The molecule has 0 radical (unpaired) electrons. The van der Waals surface area contributed by atoms with E-state index >= 15 is 0 Å². The van der Waals surface area contributed by atoms with E-state index in [0.717, 1.165) is 22.9 Å². The molecule has 1 N–H and O–H groups in total. The zero-order valence-electron chi connectivity index (χ0n) is 18.9. The quantitative estimate of drug-likeness (QED) is 0.284. The summed E-state index contributed by atoms with van der Waals surface area (Å²) in [5.41, 5.74) is 1.44. The molecule has 0 spiro atoms. The number of hydrogen-bond acceptors (Lipinski definition) is 4. The van der Waals surface area contributed by atoms with Gasteiger partial charge in [-0.25, -0.2) is 0 Å². The number of carboxylic acids is 1. The number of rotatable bonds is 9. The molecule has 0 saturated carbocycles. The number of aromatic nitrogens is 2. The Morgan fingerprint density at radius 3 is 2.74 bits per heavy atom. The van der Waals surface area contributed by atoms with Gasteiger partial charge in [-0.05, 0) is 61.0 Å². The van der Waals surface area contributed by atoms with Crippen molar-refractivity contribution in [3.63, 3.8) is 0 Å². The van der Waals surface area contributed by atoms with Crippen LogP contribution in [0.4, 0.5) is 13.2 Å². The topological polar surface area (TPSA) is 77.5 Å². The molecule has 6 nitrogen and oxygen atoms in total. The fourth-order valence-corrected chi connectivity index (χ4v) is 4.11. The molecule has 0 aliphatic rings. The largest absolute Gasteiger partial charge is 0.493 e. The summed E-state index contributed by atoms with van der Waals surface area (Å²) in [6.45, 7) is 4.63. The average molecular weight is 474 g/mol. The van der Waals surface area contributed by atoms with Gasteiger partial charge in [-0.1, -0.05) is 24.6 Å². The number of benzene rings is 2. The normalized spacial score (nSPS) is 13.0. The van der Waals surface area contributed by atoms with Crippen molar-refractivity contribution < 1.29 is 32.3 Å². The molecular weight excluding hydrogens is 449 g/mol. The van der Waals surface area contributed by atoms with Crippen LogP contribution in [0.2, 0.25) is 0 Å². The van der Waals surface area contributed by atoms with Gasteiger partial charge in [0.1, 0.15) is 5.75 Å². The van der Waals surface area contributed by atoms with Crippen LogP contribution in [0.1, 0.15) is 49.4 Å². The molecule has 1 unspecified atom stereocenters. The second kappa shape index (κ2) is 9.40. The Morgan fingerprint density at radius 1 is 1.24 bits per heavy atom. The van der Waals surface area contributed by atoms with E-state index in [1.54, 1.807) is 13.0 Å². The Morgan fingerprint density at radius 2 is 2.03 bits per heavy atom. The minimum absolute atomic E-state index is 0.0568. The second-order valence-electron chi connectivity index (χ2n) is 8.29. The number of alkyl halides is 3. The van der Waals surface area contributed by atoms with E-state index in [4.69, 9.17) is 9.26 Å². The molecule has 4 aromatic rings. The van der Waals surface area contributed by atoms with Crippen LogP contribution in [0.5, 0.6) is 5.75 Å². The number of halogens is 3. The number of ether oxygens (including phenoxy) is 1. The lowest BCUT2D eigenvalue weighted by atomic mass is 10.0. The van der Waals surface area contributed by atoms with Crippen LogP contribution >= 0.6 is 0 Å². The number of nitrogens with zero attached hydrogens (tertiary/aromatic N) is 2. The monoisotopic (exact) mass is 474 g/mol. The van der Waals surface area contributed by atoms with Gasteiger partial charge in [0, 0.05) is 23.8 Å². The third-order valence-electron chi connectivity index (χ3n) is 5.94. The lowest BCUT2D eigenvalue weighted by Crippen LogP contribution is -2.07. The van der Waals surface area contributed by atoms with Gasteiger partial charge in [0.05, 0.1) is 17.9 Å². The van der Waals surface area contributed by atoms with Crippen LogP contribution in [0.25, 0.3) is 21.9 Å². The third-order valence-corrected chi connectivity index (χ3v) is 5.94. The molecule has 0 fully saturated rings. The van der Waals surface area contributed by atoms with Crippen LogP contribution in [0.3, 0.4) is 0 Å². The minimum Gasteiger partial charge on any atom is -0.493 e. The lowest BCUT2D eigenvalue weighted by Gasteiger charge is -2.12.